The minimum Gasteiger partial charge on any atom is -0.484 e. The molecule has 0 fully saturated rings. The summed E-state index contributed by atoms with van der Waals surface area (Å²) in [7, 11) is 0. The number of carboxylic acids is 1. The number of aromatic nitrogens is 2. The number of benzene rings is 1. The Kier molecular flexibility index (Phi) is 3.22. The summed E-state index contributed by atoms with van der Waals surface area (Å²) in [6.07, 6.45) is 0. The van der Waals surface area contributed by atoms with E-state index in [-0.39, 0.29) is 23.8 Å². The van der Waals surface area contributed by atoms with E-state index in [0.717, 1.165) is 12.1 Å². The van der Waals surface area contributed by atoms with Gasteiger partial charge in [-0.3, -0.25) is 0 Å². The molecule has 94 valence electrons. The SMILES string of the molecule is Cc1noc(COc2cc(F)cc(C(=O)O)c2)n1. The first-order chi connectivity index (χ1) is 8.54. The average Bonchev–Trinajstić information content (AvgIpc) is 2.72. The predicted octanol–water partition coefficient (Wildman–Crippen LogP) is 1.79. The lowest BCUT2D eigenvalue weighted by Gasteiger charge is -2.04. The summed E-state index contributed by atoms with van der Waals surface area (Å²) in [5.74, 6) is -1.14. The van der Waals surface area contributed by atoms with Crippen molar-refractivity contribution in [1.29, 1.82) is 0 Å². The maximum atomic E-state index is 13.1. The van der Waals surface area contributed by atoms with Gasteiger partial charge in [0.05, 0.1) is 5.56 Å². The van der Waals surface area contributed by atoms with E-state index in [1.54, 1.807) is 6.92 Å². The summed E-state index contributed by atoms with van der Waals surface area (Å²) >= 11 is 0. The van der Waals surface area contributed by atoms with E-state index in [0.29, 0.717) is 5.82 Å². The van der Waals surface area contributed by atoms with Crippen LogP contribution in [0.1, 0.15) is 22.1 Å². The Balaban J connectivity index is 2.11. The lowest BCUT2D eigenvalue weighted by molar-refractivity contribution is 0.0695. The Morgan fingerprint density at radius 3 is 2.89 bits per heavy atom. The number of ether oxygens (including phenoxy) is 1. The number of halogens is 1. The lowest BCUT2D eigenvalue weighted by Crippen LogP contribution is -2.00. The Labute approximate surface area is 101 Å². The molecule has 2 rings (SSSR count). The third kappa shape index (κ3) is 2.82. The van der Waals surface area contributed by atoms with E-state index in [1.807, 2.05) is 0 Å². The summed E-state index contributed by atoms with van der Waals surface area (Å²) in [5, 5.41) is 12.3. The number of nitrogens with zero attached hydrogens (tertiary/aromatic N) is 2. The molecular formula is C11H9FN2O4. The van der Waals surface area contributed by atoms with Crippen molar-refractivity contribution in [3.8, 4) is 5.75 Å². The summed E-state index contributed by atoms with van der Waals surface area (Å²) in [5.41, 5.74) is -0.188. The van der Waals surface area contributed by atoms with Gasteiger partial charge >= 0.3 is 5.97 Å². The molecule has 0 amide bonds. The average molecular weight is 252 g/mol. The van der Waals surface area contributed by atoms with Gasteiger partial charge in [-0.25, -0.2) is 9.18 Å². The van der Waals surface area contributed by atoms with Crippen LogP contribution in [0.25, 0.3) is 0 Å². The zero-order chi connectivity index (χ0) is 13.1. The fourth-order valence-corrected chi connectivity index (χ4v) is 1.31. The molecule has 0 aliphatic rings. The quantitative estimate of drug-likeness (QED) is 0.892. The lowest BCUT2D eigenvalue weighted by atomic mass is 10.2. The van der Waals surface area contributed by atoms with Crippen molar-refractivity contribution in [2.24, 2.45) is 0 Å². The van der Waals surface area contributed by atoms with Crippen molar-refractivity contribution >= 4 is 5.97 Å². The second-order valence-corrected chi connectivity index (χ2v) is 3.50. The first-order valence-corrected chi connectivity index (χ1v) is 5.00. The number of hydrogen-bond acceptors (Lipinski definition) is 5. The van der Waals surface area contributed by atoms with Gasteiger partial charge < -0.3 is 14.4 Å². The van der Waals surface area contributed by atoms with Gasteiger partial charge in [0.25, 0.3) is 5.89 Å². The normalized spacial score (nSPS) is 10.3. The van der Waals surface area contributed by atoms with Crippen LogP contribution < -0.4 is 4.74 Å². The van der Waals surface area contributed by atoms with E-state index >= 15 is 0 Å². The number of rotatable bonds is 4. The predicted molar refractivity (Wildman–Crippen MR) is 56.7 cm³/mol. The molecule has 0 aliphatic heterocycles. The third-order valence-electron chi connectivity index (χ3n) is 2.05. The van der Waals surface area contributed by atoms with Crippen molar-refractivity contribution in [3.05, 3.63) is 41.3 Å². The summed E-state index contributed by atoms with van der Waals surface area (Å²) in [6.45, 7) is 1.60. The maximum Gasteiger partial charge on any atom is 0.335 e. The summed E-state index contributed by atoms with van der Waals surface area (Å²) < 4.78 is 23.1. The topological polar surface area (TPSA) is 85.5 Å². The van der Waals surface area contributed by atoms with Gasteiger partial charge in [0.15, 0.2) is 12.4 Å². The highest BCUT2D eigenvalue weighted by molar-refractivity contribution is 5.88. The van der Waals surface area contributed by atoms with E-state index < -0.39 is 11.8 Å². The highest BCUT2D eigenvalue weighted by Gasteiger charge is 2.09. The molecule has 0 atom stereocenters. The zero-order valence-electron chi connectivity index (χ0n) is 9.38. The molecule has 1 aromatic carbocycles. The second-order valence-electron chi connectivity index (χ2n) is 3.50. The monoisotopic (exact) mass is 252 g/mol. The van der Waals surface area contributed by atoms with Crippen LogP contribution in [0.3, 0.4) is 0 Å². The maximum absolute atomic E-state index is 13.1. The first kappa shape index (κ1) is 12.0. The van der Waals surface area contributed by atoms with Crippen LogP contribution in [0.5, 0.6) is 5.75 Å². The number of aromatic carboxylic acids is 1. The van der Waals surface area contributed by atoms with Crippen LogP contribution in [0.15, 0.2) is 22.7 Å². The van der Waals surface area contributed by atoms with Crippen molar-refractivity contribution in [2.45, 2.75) is 13.5 Å². The molecule has 0 saturated carbocycles. The van der Waals surface area contributed by atoms with E-state index in [2.05, 4.69) is 10.1 Å². The number of carbonyl (C=O) groups is 1. The van der Waals surface area contributed by atoms with E-state index in [9.17, 15) is 9.18 Å². The van der Waals surface area contributed by atoms with Crippen LogP contribution in [0, 0.1) is 12.7 Å². The second kappa shape index (κ2) is 4.82. The molecule has 7 heteroatoms. The van der Waals surface area contributed by atoms with Gasteiger partial charge in [0.1, 0.15) is 11.6 Å². The number of carboxylic acid groups (broad SMARTS) is 1. The molecule has 0 saturated heterocycles. The van der Waals surface area contributed by atoms with Crippen molar-refractivity contribution < 1.29 is 23.6 Å². The van der Waals surface area contributed by atoms with Crippen LogP contribution in [-0.4, -0.2) is 21.2 Å². The Morgan fingerprint density at radius 1 is 1.50 bits per heavy atom. The smallest absolute Gasteiger partial charge is 0.335 e. The molecule has 0 bridgehead atoms. The van der Waals surface area contributed by atoms with Crippen molar-refractivity contribution in [2.75, 3.05) is 0 Å². The van der Waals surface area contributed by atoms with Gasteiger partial charge in [-0.15, -0.1) is 0 Å². The first-order valence-electron chi connectivity index (χ1n) is 5.00. The fraction of sp³-hybridized carbons (Fsp3) is 0.182. The fourth-order valence-electron chi connectivity index (χ4n) is 1.31. The van der Waals surface area contributed by atoms with Gasteiger partial charge in [-0.05, 0) is 19.1 Å². The Bertz CT molecular complexity index is 582. The highest BCUT2D eigenvalue weighted by Crippen LogP contribution is 2.17. The van der Waals surface area contributed by atoms with E-state index in [4.69, 9.17) is 14.4 Å². The molecule has 6 nitrogen and oxygen atoms in total. The summed E-state index contributed by atoms with van der Waals surface area (Å²) in [4.78, 5) is 14.6. The highest BCUT2D eigenvalue weighted by atomic mass is 19.1. The Morgan fingerprint density at radius 2 is 2.28 bits per heavy atom. The molecule has 0 radical (unpaired) electrons. The van der Waals surface area contributed by atoms with Gasteiger partial charge in [-0.2, -0.15) is 4.98 Å². The van der Waals surface area contributed by atoms with Gasteiger partial charge in [0.2, 0.25) is 0 Å². The third-order valence-corrected chi connectivity index (χ3v) is 2.05. The number of hydrogen-bond donors (Lipinski definition) is 1. The van der Waals surface area contributed by atoms with Crippen LogP contribution >= 0.6 is 0 Å². The minimum atomic E-state index is -1.23. The molecule has 1 aromatic heterocycles. The molecule has 0 spiro atoms. The molecule has 1 N–H and O–H groups in total. The van der Waals surface area contributed by atoms with Crippen molar-refractivity contribution in [1.82, 2.24) is 10.1 Å². The van der Waals surface area contributed by atoms with Crippen LogP contribution in [0.2, 0.25) is 0 Å². The van der Waals surface area contributed by atoms with Gasteiger partial charge in [0, 0.05) is 6.07 Å². The summed E-state index contributed by atoms with van der Waals surface area (Å²) in [6, 6.07) is 3.20. The number of aryl methyl sites for hydroxylation is 1. The molecule has 18 heavy (non-hydrogen) atoms. The minimum absolute atomic E-state index is 0.0522. The molecule has 2 aromatic rings. The Hall–Kier alpha value is -2.44. The largest absolute Gasteiger partial charge is 0.484 e. The molecule has 1 heterocycles. The zero-order valence-corrected chi connectivity index (χ0v) is 9.38. The van der Waals surface area contributed by atoms with E-state index in [1.165, 1.54) is 6.07 Å². The van der Waals surface area contributed by atoms with Crippen molar-refractivity contribution in [3.63, 3.8) is 0 Å². The molecular weight excluding hydrogens is 243 g/mol. The van der Waals surface area contributed by atoms with Gasteiger partial charge in [-0.1, -0.05) is 5.16 Å². The molecule has 0 unspecified atom stereocenters. The van der Waals surface area contributed by atoms with Crippen LogP contribution in [-0.2, 0) is 6.61 Å². The van der Waals surface area contributed by atoms with Crippen LogP contribution in [0.4, 0.5) is 4.39 Å². The standard InChI is InChI=1S/C11H9FN2O4/c1-6-13-10(18-14-6)5-17-9-3-7(11(15)16)2-8(12)4-9/h2-4H,5H2,1H3,(H,15,16). The molecule has 0 aliphatic carbocycles.